The average Bonchev–Trinajstić information content (AvgIpc) is 2.81. The van der Waals surface area contributed by atoms with Gasteiger partial charge >= 0.3 is 5.97 Å². The molecule has 1 aromatic carbocycles. The van der Waals surface area contributed by atoms with E-state index >= 15 is 0 Å². The van der Waals surface area contributed by atoms with Crippen molar-refractivity contribution in [2.75, 3.05) is 19.8 Å². The summed E-state index contributed by atoms with van der Waals surface area (Å²) < 4.78 is 10.9. The van der Waals surface area contributed by atoms with Gasteiger partial charge in [-0.3, -0.25) is 4.90 Å². The Kier molecular flexibility index (Phi) is 3.46. The molecule has 20 heavy (non-hydrogen) atoms. The number of hydrogen-bond acceptors (Lipinski definition) is 4. The van der Waals surface area contributed by atoms with Gasteiger partial charge in [-0.2, -0.15) is 0 Å². The number of ether oxygens (including phenoxy) is 1. The van der Waals surface area contributed by atoms with Crippen molar-refractivity contribution < 1.29 is 19.1 Å². The number of hydrogen-bond donors (Lipinski definition) is 1. The topological polar surface area (TPSA) is 62.9 Å². The van der Waals surface area contributed by atoms with Gasteiger partial charge in [0, 0.05) is 30.1 Å². The number of carbonyl (C=O) groups is 1. The molecule has 0 amide bonds. The molecule has 5 nitrogen and oxygen atoms in total. The van der Waals surface area contributed by atoms with Crippen LogP contribution < -0.4 is 0 Å². The lowest BCUT2D eigenvalue weighted by Gasteiger charge is -2.33. The monoisotopic (exact) mass is 275 g/mol. The van der Waals surface area contributed by atoms with Gasteiger partial charge in [0.05, 0.1) is 13.2 Å². The van der Waals surface area contributed by atoms with Crippen LogP contribution in [0.5, 0.6) is 0 Å². The molecule has 1 aliphatic rings. The highest BCUT2D eigenvalue weighted by molar-refractivity contribution is 5.95. The molecule has 2 aromatic rings. The maximum Gasteiger partial charge on any atom is 0.372 e. The Morgan fingerprint density at radius 1 is 1.45 bits per heavy atom. The third-order valence-corrected chi connectivity index (χ3v) is 3.76. The Bertz CT molecular complexity index is 634. The van der Waals surface area contributed by atoms with E-state index in [1.54, 1.807) is 6.07 Å². The van der Waals surface area contributed by atoms with Crippen molar-refractivity contribution in [3.05, 3.63) is 35.6 Å². The first-order chi connectivity index (χ1) is 9.66. The second kappa shape index (κ2) is 5.26. The number of fused-ring (bicyclic) bond motifs is 1. The minimum Gasteiger partial charge on any atom is -0.475 e. The molecule has 0 saturated carbocycles. The Balaban J connectivity index is 2.00. The largest absolute Gasteiger partial charge is 0.475 e. The van der Waals surface area contributed by atoms with E-state index in [1.807, 2.05) is 18.2 Å². The van der Waals surface area contributed by atoms with Gasteiger partial charge in [0.1, 0.15) is 5.58 Å². The lowest BCUT2D eigenvalue weighted by atomic mass is 10.1. The van der Waals surface area contributed by atoms with Crippen molar-refractivity contribution in [1.29, 1.82) is 0 Å². The van der Waals surface area contributed by atoms with Gasteiger partial charge in [0.25, 0.3) is 0 Å². The highest BCUT2D eigenvalue weighted by atomic mass is 16.5. The van der Waals surface area contributed by atoms with Crippen LogP contribution in [0.1, 0.15) is 23.0 Å². The zero-order chi connectivity index (χ0) is 14.1. The van der Waals surface area contributed by atoms with E-state index in [4.69, 9.17) is 9.15 Å². The van der Waals surface area contributed by atoms with Gasteiger partial charge < -0.3 is 14.3 Å². The van der Waals surface area contributed by atoms with E-state index in [-0.39, 0.29) is 11.8 Å². The van der Waals surface area contributed by atoms with Crippen LogP contribution in [0, 0.1) is 0 Å². The highest BCUT2D eigenvalue weighted by Gasteiger charge is 2.25. The van der Waals surface area contributed by atoms with Gasteiger partial charge in [-0.15, -0.1) is 0 Å². The van der Waals surface area contributed by atoms with Gasteiger partial charge in [-0.25, -0.2) is 4.79 Å². The smallest absolute Gasteiger partial charge is 0.372 e. The van der Waals surface area contributed by atoms with Crippen molar-refractivity contribution in [2.45, 2.75) is 19.5 Å². The molecule has 0 bridgehead atoms. The number of furan rings is 1. The van der Waals surface area contributed by atoms with Crippen LogP contribution in [0.25, 0.3) is 11.0 Å². The molecular formula is C15H17NO4. The lowest BCUT2D eigenvalue weighted by Crippen LogP contribution is -2.43. The molecule has 1 saturated heterocycles. The maximum absolute atomic E-state index is 11.4. The zero-order valence-corrected chi connectivity index (χ0v) is 11.3. The Morgan fingerprint density at radius 3 is 3.00 bits per heavy atom. The van der Waals surface area contributed by atoms with Crippen LogP contribution in [0.4, 0.5) is 0 Å². The van der Waals surface area contributed by atoms with E-state index in [0.717, 1.165) is 17.5 Å². The van der Waals surface area contributed by atoms with Crippen LogP contribution in [-0.4, -0.2) is 41.8 Å². The van der Waals surface area contributed by atoms with Crippen LogP contribution in [0.2, 0.25) is 0 Å². The number of para-hydroxylation sites is 1. The Labute approximate surface area is 116 Å². The molecular weight excluding hydrogens is 258 g/mol. The number of benzene rings is 1. The van der Waals surface area contributed by atoms with Crippen molar-refractivity contribution >= 4 is 16.9 Å². The van der Waals surface area contributed by atoms with Crippen molar-refractivity contribution in [3.63, 3.8) is 0 Å². The van der Waals surface area contributed by atoms with Gasteiger partial charge in [-0.05, 0) is 13.0 Å². The first-order valence-corrected chi connectivity index (χ1v) is 6.72. The third-order valence-electron chi connectivity index (χ3n) is 3.76. The predicted molar refractivity (Wildman–Crippen MR) is 73.9 cm³/mol. The third kappa shape index (κ3) is 2.30. The number of carboxylic acid groups (broad SMARTS) is 1. The standard InChI is InChI=1S/C15H17NO4/c1-10-9-19-7-6-16(10)8-12-11-4-2-3-5-13(11)20-14(12)15(17)18/h2-5,10H,6-9H2,1H3,(H,17,18). The first-order valence-electron chi connectivity index (χ1n) is 6.72. The van der Waals surface area contributed by atoms with Crippen molar-refractivity contribution in [1.82, 2.24) is 4.90 Å². The fourth-order valence-electron chi connectivity index (χ4n) is 2.63. The van der Waals surface area contributed by atoms with Crippen LogP contribution in [0.3, 0.4) is 0 Å². The lowest BCUT2D eigenvalue weighted by molar-refractivity contribution is -0.00448. The van der Waals surface area contributed by atoms with Crippen LogP contribution in [0.15, 0.2) is 28.7 Å². The first kappa shape index (κ1) is 13.1. The molecule has 1 aromatic heterocycles. The summed E-state index contributed by atoms with van der Waals surface area (Å²) in [5, 5.41) is 10.2. The molecule has 2 heterocycles. The van der Waals surface area contributed by atoms with Crippen LogP contribution in [-0.2, 0) is 11.3 Å². The normalized spacial score (nSPS) is 20.4. The Morgan fingerprint density at radius 2 is 2.25 bits per heavy atom. The number of carboxylic acids is 1. The van der Waals surface area contributed by atoms with E-state index in [0.29, 0.717) is 25.3 Å². The molecule has 0 radical (unpaired) electrons. The molecule has 1 aliphatic heterocycles. The van der Waals surface area contributed by atoms with Gasteiger partial charge in [0.15, 0.2) is 0 Å². The molecule has 0 spiro atoms. The Hall–Kier alpha value is -1.85. The van der Waals surface area contributed by atoms with Crippen LogP contribution >= 0.6 is 0 Å². The van der Waals surface area contributed by atoms with Crippen molar-refractivity contribution in [2.24, 2.45) is 0 Å². The number of morpholine rings is 1. The van der Waals surface area contributed by atoms with Gasteiger partial charge in [0.2, 0.25) is 5.76 Å². The minimum atomic E-state index is -1.02. The van der Waals surface area contributed by atoms with E-state index in [2.05, 4.69) is 11.8 Å². The highest BCUT2D eigenvalue weighted by Crippen LogP contribution is 2.28. The molecule has 1 fully saturated rings. The summed E-state index contributed by atoms with van der Waals surface area (Å²) >= 11 is 0. The number of nitrogens with zero attached hydrogens (tertiary/aromatic N) is 1. The predicted octanol–water partition coefficient (Wildman–Crippen LogP) is 2.35. The fourth-order valence-corrected chi connectivity index (χ4v) is 2.63. The summed E-state index contributed by atoms with van der Waals surface area (Å²) in [6, 6.07) is 7.73. The van der Waals surface area contributed by atoms with Crippen molar-refractivity contribution in [3.8, 4) is 0 Å². The fraction of sp³-hybridized carbons (Fsp3) is 0.400. The molecule has 1 atom stereocenters. The average molecular weight is 275 g/mol. The summed E-state index contributed by atoms with van der Waals surface area (Å²) in [6.07, 6.45) is 0. The molecule has 1 unspecified atom stereocenters. The van der Waals surface area contributed by atoms with E-state index in [1.165, 1.54) is 0 Å². The van der Waals surface area contributed by atoms with E-state index < -0.39 is 5.97 Å². The maximum atomic E-state index is 11.4. The number of aromatic carboxylic acids is 1. The quantitative estimate of drug-likeness (QED) is 0.931. The summed E-state index contributed by atoms with van der Waals surface area (Å²) in [6.45, 7) is 4.82. The van der Waals surface area contributed by atoms with Gasteiger partial charge in [-0.1, -0.05) is 18.2 Å². The molecule has 106 valence electrons. The summed E-state index contributed by atoms with van der Waals surface area (Å²) in [5.74, 6) is -0.970. The molecule has 3 rings (SSSR count). The second-order valence-corrected chi connectivity index (χ2v) is 5.11. The zero-order valence-electron chi connectivity index (χ0n) is 11.3. The number of rotatable bonds is 3. The minimum absolute atomic E-state index is 0.0462. The second-order valence-electron chi connectivity index (χ2n) is 5.11. The molecule has 5 heteroatoms. The SMILES string of the molecule is CC1COCCN1Cc1c(C(=O)O)oc2ccccc12. The van der Waals surface area contributed by atoms with E-state index in [9.17, 15) is 9.90 Å². The summed E-state index contributed by atoms with van der Waals surface area (Å²) in [4.78, 5) is 13.6. The molecule has 1 N–H and O–H groups in total. The summed E-state index contributed by atoms with van der Waals surface area (Å²) in [7, 11) is 0. The summed E-state index contributed by atoms with van der Waals surface area (Å²) in [5.41, 5.74) is 1.38. The molecule has 0 aliphatic carbocycles.